The number of rotatable bonds is 2. The van der Waals surface area contributed by atoms with Crippen molar-refractivity contribution >= 4 is 5.97 Å². The standard InChI is InChI=1S/C6H7FN5/c1-5(4-8)10-12-9-3-2-6(7)11-12/h2,5,9-10H,1H3. The number of halogens is 1. The summed E-state index contributed by atoms with van der Waals surface area (Å²) in [6, 6.07) is 1.45. The van der Waals surface area contributed by atoms with E-state index in [1.165, 1.54) is 0 Å². The quantitative estimate of drug-likeness (QED) is 0.600. The van der Waals surface area contributed by atoms with Crippen LogP contribution in [0.1, 0.15) is 6.92 Å². The maximum Gasteiger partial charge on any atom is 0.236 e. The fourth-order valence-corrected chi connectivity index (χ4v) is 0.576. The van der Waals surface area contributed by atoms with Gasteiger partial charge in [0, 0.05) is 6.08 Å². The van der Waals surface area contributed by atoms with Gasteiger partial charge in [0.2, 0.25) is 5.97 Å². The predicted molar refractivity (Wildman–Crippen MR) is 39.5 cm³/mol. The topological polar surface area (TPSA) is 63.5 Å². The monoisotopic (exact) mass is 168 g/mol. The number of hydrogen-bond donors (Lipinski definition) is 2. The zero-order valence-corrected chi connectivity index (χ0v) is 6.37. The van der Waals surface area contributed by atoms with Crippen LogP contribution in [0.15, 0.2) is 11.2 Å². The van der Waals surface area contributed by atoms with E-state index >= 15 is 0 Å². The molecule has 63 valence electrons. The molecule has 0 amide bonds. The molecule has 1 aliphatic heterocycles. The van der Waals surface area contributed by atoms with Crippen molar-refractivity contribution in [1.82, 2.24) is 16.1 Å². The van der Waals surface area contributed by atoms with E-state index in [0.29, 0.717) is 0 Å². The Labute approximate surface area is 69.1 Å². The summed E-state index contributed by atoms with van der Waals surface area (Å²) < 4.78 is 12.4. The number of hydrazone groups is 1. The molecule has 1 aliphatic rings. The summed E-state index contributed by atoms with van der Waals surface area (Å²) in [6.45, 7) is 1.62. The second-order valence-electron chi connectivity index (χ2n) is 2.11. The maximum absolute atomic E-state index is 12.4. The van der Waals surface area contributed by atoms with Crippen molar-refractivity contribution < 1.29 is 4.39 Å². The molecule has 0 aromatic heterocycles. The Hall–Kier alpha value is -1.61. The van der Waals surface area contributed by atoms with Crippen molar-refractivity contribution in [2.75, 3.05) is 0 Å². The van der Waals surface area contributed by atoms with E-state index in [4.69, 9.17) is 5.26 Å². The van der Waals surface area contributed by atoms with Crippen LogP contribution in [0.2, 0.25) is 0 Å². The largest absolute Gasteiger partial charge is 0.265 e. The Morgan fingerprint density at radius 1 is 2.00 bits per heavy atom. The normalized spacial score (nSPS) is 17.8. The molecule has 0 aromatic carbocycles. The summed E-state index contributed by atoms with van der Waals surface area (Å²) in [5.74, 6) is -0.675. The van der Waals surface area contributed by atoms with Gasteiger partial charge < -0.3 is 0 Å². The van der Waals surface area contributed by atoms with Gasteiger partial charge >= 0.3 is 0 Å². The van der Waals surface area contributed by atoms with Crippen LogP contribution in [0, 0.1) is 17.5 Å². The SMILES string of the molecule is CC(C#N)NN1N=C(F)C=[C]N1. The first kappa shape index (κ1) is 8.49. The van der Waals surface area contributed by atoms with Crippen LogP contribution in [0.5, 0.6) is 0 Å². The molecule has 1 unspecified atom stereocenters. The van der Waals surface area contributed by atoms with E-state index in [1.807, 2.05) is 6.07 Å². The van der Waals surface area contributed by atoms with Crippen LogP contribution in [0.25, 0.3) is 0 Å². The smallest absolute Gasteiger partial charge is 0.236 e. The summed E-state index contributed by atoms with van der Waals surface area (Å²) in [7, 11) is 0. The van der Waals surface area contributed by atoms with E-state index in [-0.39, 0.29) is 0 Å². The zero-order valence-electron chi connectivity index (χ0n) is 6.37. The van der Waals surface area contributed by atoms with Crippen LogP contribution >= 0.6 is 0 Å². The van der Waals surface area contributed by atoms with Crippen molar-refractivity contribution in [2.24, 2.45) is 5.10 Å². The Balaban J connectivity index is 2.46. The highest BCUT2D eigenvalue weighted by Gasteiger charge is 2.08. The lowest BCUT2D eigenvalue weighted by atomic mass is 10.4. The lowest BCUT2D eigenvalue weighted by Crippen LogP contribution is -2.47. The first-order chi connectivity index (χ1) is 5.72. The van der Waals surface area contributed by atoms with Gasteiger partial charge in [0.05, 0.1) is 12.3 Å². The third-order valence-corrected chi connectivity index (χ3v) is 1.07. The maximum atomic E-state index is 12.4. The minimum Gasteiger partial charge on any atom is -0.265 e. The van der Waals surface area contributed by atoms with Crippen LogP contribution in [-0.2, 0) is 0 Å². The third kappa shape index (κ3) is 2.21. The predicted octanol–water partition coefficient (Wildman–Crippen LogP) is -0.177. The average molecular weight is 168 g/mol. The third-order valence-electron chi connectivity index (χ3n) is 1.07. The molecule has 5 nitrogen and oxygen atoms in total. The molecule has 12 heavy (non-hydrogen) atoms. The Kier molecular flexibility index (Phi) is 2.61. The second-order valence-corrected chi connectivity index (χ2v) is 2.11. The fourth-order valence-electron chi connectivity index (χ4n) is 0.576. The van der Waals surface area contributed by atoms with Crippen LogP contribution in [-0.4, -0.2) is 17.2 Å². The van der Waals surface area contributed by atoms with E-state index in [2.05, 4.69) is 22.2 Å². The van der Waals surface area contributed by atoms with Gasteiger partial charge in [0.25, 0.3) is 0 Å². The Morgan fingerprint density at radius 3 is 3.33 bits per heavy atom. The first-order valence-electron chi connectivity index (χ1n) is 3.27. The Morgan fingerprint density at radius 2 is 2.75 bits per heavy atom. The van der Waals surface area contributed by atoms with Gasteiger partial charge in [-0.15, -0.1) is 10.3 Å². The van der Waals surface area contributed by atoms with E-state index in [9.17, 15) is 4.39 Å². The van der Waals surface area contributed by atoms with Gasteiger partial charge in [-0.05, 0) is 6.92 Å². The fraction of sp³-hybridized carbons (Fsp3) is 0.333. The van der Waals surface area contributed by atoms with Crippen molar-refractivity contribution in [3.05, 3.63) is 12.3 Å². The molecule has 1 atom stereocenters. The molecular weight excluding hydrogens is 161 g/mol. The highest BCUT2D eigenvalue weighted by Crippen LogP contribution is 1.93. The molecule has 0 fully saturated rings. The molecule has 0 saturated carbocycles. The summed E-state index contributed by atoms with van der Waals surface area (Å²) in [5.41, 5.74) is 5.00. The summed E-state index contributed by atoms with van der Waals surface area (Å²) in [6.07, 6.45) is 3.44. The van der Waals surface area contributed by atoms with Gasteiger partial charge in [0.15, 0.2) is 0 Å². The summed E-state index contributed by atoms with van der Waals surface area (Å²) >= 11 is 0. The number of nitriles is 1. The van der Waals surface area contributed by atoms with Crippen molar-refractivity contribution in [3.8, 4) is 6.07 Å². The molecule has 1 heterocycles. The molecule has 0 bridgehead atoms. The van der Waals surface area contributed by atoms with Crippen LogP contribution in [0.4, 0.5) is 4.39 Å². The first-order valence-corrected chi connectivity index (χ1v) is 3.27. The molecule has 1 radical (unpaired) electrons. The van der Waals surface area contributed by atoms with Crippen molar-refractivity contribution in [2.45, 2.75) is 13.0 Å². The Bertz CT molecular complexity index is 253. The van der Waals surface area contributed by atoms with Gasteiger partial charge in [-0.1, -0.05) is 0 Å². The molecule has 1 rings (SSSR count). The van der Waals surface area contributed by atoms with Crippen molar-refractivity contribution in [3.63, 3.8) is 0 Å². The molecule has 6 heteroatoms. The van der Waals surface area contributed by atoms with Gasteiger partial charge in [-0.2, -0.15) is 15.1 Å². The molecule has 2 N–H and O–H groups in total. The lowest BCUT2D eigenvalue weighted by Gasteiger charge is -2.21. The number of nitrogens with one attached hydrogen (secondary N) is 2. The van der Waals surface area contributed by atoms with Gasteiger partial charge in [-0.3, -0.25) is 5.43 Å². The zero-order chi connectivity index (χ0) is 8.97. The molecule has 0 saturated heterocycles. The number of allylic oxidation sites excluding steroid dienone is 1. The van der Waals surface area contributed by atoms with Gasteiger partial charge in [0.1, 0.15) is 6.04 Å². The molecule has 0 spiro atoms. The van der Waals surface area contributed by atoms with Crippen LogP contribution in [0.3, 0.4) is 0 Å². The minimum absolute atomic E-state index is 0.450. The highest BCUT2D eigenvalue weighted by molar-refractivity contribution is 5.85. The number of hydrazine groups is 2. The molecule has 0 aliphatic carbocycles. The second kappa shape index (κ2) is 3.69. The van der Waals surface area contributed by atoms with E-state index in [1.54, 1.807) is 6.92 Å². The molecule has 0 aromatic rings. The highest BCUT2D eigenvalue weighted by atomic mass is 19.1. The average Bonchev–Trinajstić information content (AvgIpc) is 2.04. The van der Waals surface area contributed by atoms with E-state index in [0.717, 1.165) is 11.3 Å². The molecular formula is C6H7FN5. The summed E-state index contributed by atoms with van der Waals surface area (Å²) in [5, 5.41) is 12.7. The number of nitrogens with zero attached hydrogens (tertiary/aromatic N) is 3. The summed E-state index contributed by atoms with van der Waals surface area (Å²) in [4.78, 5) is 0. The van der Waals surface area contributed by atoms with Crippen LogP contribution < -0.4 is 10.9 Å². The number of hydrogen-bond acceptors (Lipinski definition) is 5. The van der Waals surface area contributed by atoms with E-state index < -0.39 is 12.0 Å². The van der Waals surface area contributed by atoms with Gasteiger partial charge in [-0.25, -0.2) is 0 Å². The minimum atomic E-state index is -0.675. The van der Waals surface area contributed by atoms with Crippen molar-refractivity contribution in [1.29, 1.82) is 5.26 Å². The lowest BCUT2D eigenvalue weighted by molar-refractivity contribution is 0.127.